The van der Waals surface area contributed by atoms with E-state index in [1.165, 1.54) is 30.3 Å². The first-order valence-corrected chi connectivity index (χ1v) is 10.8. The van der Waals surface area contributed by atoms with E-state index in [0.29, 0.717) is 21.8 Å². The van der Waals surface area contributed by atoms with E-state index in [2.05, 4.69) is 17.6 Å². The van der Waals surface area contributed by atoms with Crippen molar-refractivity contribution >= 4 is 35.2 Å². The molecule has 0 aromatic heterocycles. The molecule has 164 valence electrons. The van der Waals surface area contributed by atoms with E-state index < -0.39 is 11.8 Å². The van der Waals surface area contributed by atoms with Crippen molar-refractivity contribution in [2.24, 2.45) is 0 Å². The number of unbranched alkanes of at least 4 members (excludes halogenated alkanes) is 1. The average Bonchev–Trinajstić information content (AvgIpc) is 2.79. The van der Waals surface area contributed by atoms with E-state index >= 15 is 0 Å². The molecular weight excluding hydrogens is 427 g/mol. The number of nitrogens with one attached hydrogen (secondary N) is 2. The van der Waals surface area contributed by atoms with Crippen molar-refractivity contribution in [3.8, 4) is 0 Å². The highest BCUT2D eigenvalue weighted by atomic mass is 35.5. The molecule has 3 aromatic carbocycles. The summed E-state index contributed by atoms with van der Waals surface area (Å²) >= 11 is 5.99. The predicted molar refractivity (Wildman–Crippen MR) is 127 cm³/mol. The van der Waals surface area contributed by atoms with Gasteiger partial charge in [0.25, 0.3) is 11.8 Å². The smallest absolute Gasteiger partial charge is 0.272 e. The Morgan fingerprint density at radius 1 is 1.00 bits per heavy atom. The van der Waals surface area contributed by atoms with Crippen molar-refractivity contribution in [3.63, 3.8) is 0 Å². The van der Waals surface area contributed by atoms with Crippen LogP contribution in [0, 0.1) is 5.82 Å². The van der Waals surface area contributed by atoms with Crippen molar-refractivity contribution < 1.29 is 14.0 Å². The maximum absolute atomic E-state index is 13.3. The molecule has 0 spiro atoms. The molecule has 4 nitrogen and oxygen atoms in total. The lowest BCUT2D eigenvalue weighted by Gasteiger charge is -2.12. The summed E-state index contributed by atoms with van der Waals surface area (Å²) in [7, 11) is 0. The van der Waals surface area contributed by atoms with Gasteiger partial charge in [-0.1, -0.05) is 55.3 Å². The van der Waals surface area contributed by atoms with E-state index in [9.17, 15) is 14.0 Å². The van der Waals surface area contributed by atoms with Gasteiger partial charge in [-0.3, -0.25) is 9.59 Å². The molecule has 6 heteroatoms. The molecule has 0 bridgehead atoms. The lowest BCUT2D eigenvalue weighted by Crippen LogP contribution is -2.30. The van der Waals surface area contributed by atoms with Crippen LogP contribution in [0.5, 0.6) is 0 Å². The predicted octanol–water partition coefficient (Wildman–Crippen LogP) is 6.23. The first-order valence-electron chi connectivity index (χ1n) is 10.4. The standard InChI is InChI=1S/C26H24ClFN2O2/c1-2-3-5-18-8-12-20(13-9-18)25(31)30-24(16-19-10-14-22(28)15-11-19)26(32)29-23-7-4-6-21(27)17-23/h4,6-17H,2-3,5H2,1H3,(H,29,32)(H,30,31)/b24-16-. The Labute approximate surface area is 192 Å². The van der Waals surface area contributed by atoms with E-state index in [1.807, 2.05) is 12.1 Å². The summed E-state index contributed by atoms with van der Waals surface area (Å²) in [6, 6.07) is 19.6. The molecule has 0 aliphatic rings. The highest BCUT2D eigenvalue weighted by Gasteiger charge is 2.15. The zero-order chi connectivity index (χ0) is 22.9. The summed E-state index contributed by atoms with van der Waals surface area (Å²) in [4.78, 5) is 25.7. The quantitative estimate of drug-likeness (QED) is 0.399. The van der Waals surface area contributed by atoms with Crippen molar-refractivity contribution in [2.45, 2.75) is 26.2 Å². The van der Waals surface area contributed by atoms with Gasteiger partial charge in [0.1, 0.15) is 11.5 Å². The van der Waals surface area contributed by atoms with Crippen LogP contribution in [0.15, 0.2) is 78.5 Å². The van der Waals surface area contributed by atoms with Crippen LogP contribution in [0.25, 0.3) is 6.08 Å². The summed E-state index contributed by atoms with van der Waals surface area (Å²) in [6.07, 6.45) is 4.63. The molecule has 32 heavy (non-hydrogen) atoms. The molecule has 0 saturated heterocycles. The number of carbonyl (C=O) groups excluding carboxylic acids is 2. The highest BCUT2D eigenvalue weighted by Crippen LogP contribution is 2.17. The first kappa shape index (κ1) is 23.2. The van der Waals surface area contributed by atoms with Crippen LogP contribution in [0.4, 0.5) is 10.1 Å². The van der Waals surface area contributed by atoms with Gasteiger partial charge in [-0.15, -0.1) is 0 Å². The zero-order valence-corrected chi connectivity index (χ0v) is 18.5. The topological polar surface area (TPSA) is 58.2 Å². The first-order chi connectivity index (χ1) is 15.4. The normalized spacial score (nSPS) is 11.2. The molecule has 3 rings (SSSR count). The van der Waals surface area contributed by atoms with Crippen LogP contribution in [-0.4, -0.2) is 11.8 Å². The molecule has 0 fully saturated rings. The third-order valence-electron chi connectivity index (χ3n) is 4.79. The third-order valence-corrected chi connectivity index (χ3v) is 5.03. The van der Waals surface area contributed by atoms with Crippen LogP contribution in [0.1, 0.15) is 41.3 Å². The van der Waals surface area contributed by atoms with Gasteiger partial charge in [-0.25, -0.2) is 4.39 Å². The SMILES string of the molecule is CCCCc1ccc(C(=O)N/C(=C\c2ccc(F)cc2)C(=O)Nc2cccc(Cl)c2)cc1. The van der Waals surface area contributed by atoms with Crippen molar-refractivity contribution in [3.05, 3.63) is 106 Å². The van der Waals surface area contributed by atoms with E-state index in [0.717, 1.165) is 24.8 Å². The van der Waals surface area contributed by atoms with Crippen LogP contribution < -0.4 is 10.6 Å². The van der Waals surface area contributed by atoms with Crippen molar-refractivity contribution in [1.29, 1.82) is 0 Å². The number of anilines is 1. The number of hydrogen-bond donors (Lipinski definition) is 2. The lowest BCUT2D eigenvalue weighted by molar-refractivity contribution is -0.113. The molecule has 0 heterocycles. The Balaban J connectivity index is 1.82. The second-order valence-corrected chi connectivity index (χ2v) is 7.77. The number of carbonyl (C=O) groups is 2. The minimum atomic E-state index is -0.524. The molecule has 2 N–H and O–H groups in total. The van der Waals surface area contributed by atoms with E-state index in [-0.39, 0.29) is 11.5 Å². The molecule has 0 unspecified atom stereocenters. The second kappa shape index (κ2) is 11.3. The minimum Gasteiger partial charge on any atom is -0.321 e. The molecule has 0 aliphatic heterocycles. The van der Waals surface area contributed by atoms with Crippen molar-refractivity contribution in [2.75, 3.05) is 5.32 Å². The summed E-state index contributed by atoms with van der Waals surface area (Å²) in [6.45, 7) is 2.13. The summed E-state index contributed by atoms with van der Waals surface area (Å²) < 4.78 is 13.3. The third kappa shape index (κ3) is 6.79. The fraction of sp³-hybridized carbons (Fsp3) is 0.154. The minimum absolute atomic E-state index is 0.0247. The molecule has 0 aliphatic carbocycles. The largest absolute Gasteiger partial charge is 0.321 e. The fourth-order valence-electron chi connectivity index (χ4n) is 3.05. The van der Waals surface area contributed by atoms with Gasteiger partial charge in [0.05, 0.1) is 0 Å². The second-order valence-electron chi connectivity index (χ2n) is 7.33. The summed E-state index contributed by atoms with van der Waals surface area (Å²) in [5.74, 6) is -1.33. The highest BCUT2D eigenvalue weighted by molar-refractivity contribution is 6.31. The molecule has 0 atom stereocenters. The molecule has 3 aromatic rings. The van der Waals surface area contributed by atoms with Crippen LogP contribution in [0.2, 0.25) is 5.02 Å². The summed E-state index contributed by atoms with van der Waals surface area (Å²) in [5.41, 5.74) is 2.67. The molecule has 2 amide bonds. The Hall–Kier alpha value is -3.44. The fourth-order valence-corrected chi connectivity index (χ4v) is 3.24. The number of amides is 2. The van der Waals surface area contributed by atoms with Crippen molar-refractivity contribution in [1.82, 2.24) is 5.32 Å². The van der Waals surface area contributed by atoms with Gasteiger partial charge in [0, 0.05) is 16.3 Å². The average molecular weight is 451 g/mol. The van der Waals surface area contributed by atoms with Gasteiger partial charge in [0.2, 0.25) is 0 Å². The Morgan fingerprint density at radius 3 is 2.38 bits per heavy atom. The number of benzene rings is 3. The van der Waals surface area contributed by atoms with Gasteiger partial charge in [-0.05, 0) is 72.5 Å². The number of aryl methyl sites for hydroxylation is 1. The Morgan fingerprint density at radius 2 is 1.72 bits per heavy atom. The van der Waals surface area contributed by atoms with Gasteiger partial charge < -0.3 is 10.6 Å². The molecule has 0 saturated carbocycles. The number of rotatable bonds is 8. The number of hydrogen-bond acceptors (Lipinski definition) is 2. The maximum Gasteiger partial charge on any atom is 0.272 e. The molecular formula is C26H24ClFN2O2. The maximum atomic E-state index is 13.3. The lowest BCUT2D eigenvalue weighted by atomic mass is 10.1. The van der Waals surface area contributed by atoms with Gasteiger partial charge in [-0.2, -0.15) is 0 Å². The number of halogens is 2. The van der Waals surface area contributed by atoms with Crippen LogP contribution >= 0.6 is 11.6 Å². The summed E-state index contributed by atoms with van der Waals surface area (Å²) in [5, 5.41) is 5.87. The van der Waals surface area contributed by atoms with Gasteiger partial charge in [0.15, 0.2) is 0 Å². The zero-order valence-electron chi connectivity index (χ0n) is 17.7. The monoisotopic (exact) mass is 450 g/mol. The van der Waals surface area contributed by atoms with Crippen LogP contribution in [-0.2, 0) is 11.2 Å². The Kier molecular flexibility index (Phi) is 8.17. The Bertz CT molecular complexity index is 1110. The van der Waals surface area contributed by atoms with E-state index in [1.54, 1.807) is 36.4 Å². The molecule has 0 radical (unpaired) electrons. The van der Waals surface area contributed by atoms with E-state index in [4.69, 9.17) is 11.6 Å². The van der Waals surface area contributed by atoms with Gasteiger partial charge >= 0.3 is 0 Å². The van der Waals surface area contributed by atoms with Crippen LogP contribution in [0.3, 0.4) is 0 Å².